The Hall–Kier alpha value is 0.270. The van der Waals surface area contributed by atoms with Crippen LogP contribution in [0.5, 0.6) is 0 Å². The zero-order valence-electron chi connectivity index (χ0n) is 7.46. The van der Waals surface area contributed by atoms with Crippen molar-refractivity contribution in [1.29, 1.82) is 0 Å². The van der Waals surface area contributed by atoms with Gasteiger partial charge in [-0.3, -0.25) is 4.90 Å². The van der Waals surface area contributed by atoms with Crippen LogP contribution in [-0.2, 0) is 0 Å². The molecule has 2 nitrogen and oxygen atoms in total. The lowest BCUT2D eigenvalue weighted by atomic mass is 10.2. The molecule has 3 heteroatoms. The summed E-state index contributed by atoms with van der Waals surface area (Å²) in [6.07, 6.45) is 2.86. The van der Waals surface area contributed by atoms with Gasteiger partial charge < -0.3 is 5.32 Å². The summed E-state index contributed by atoms with van der Waals surface area (Å²) < 4.78 is 0. The molecule has 2 rings (SSSR count). The summed E-state index contributed by atoms with van der Waals surface area (Å²) in [6, 6.07) is 0. The van der Waals surface area contributed by atoms with Gasteiger partial charge >= 0.3 is 0 Å². The SMILES string of the molecule is [CH]1CNCCN1CC1CCCS1. The van der Waals surface area contributed by atoms with Crippen molar-refractivity contribution in [2.75, 3.05) is 31.9 Å². The molecule has 0 aromatic heterocycles. The monoisotopic (exact) mass is 185 g/mol. The van der Waals surface area contributed by atoms with Crippen LogP contribution in [0, 0.1) is 6.54 Å². The minimum Gasteiger partial charge on any atom is -0.314 e. The van der Waals surface area contributed by atoms with E-state index in [1.54, 1.807) is 0 Å². The number of nitrogens with one attached hydrogen (secondary N) is 1. The van der Waals surface area contributed by atoms with E-state index in [1.165, 1.54) is 31.7 Å². The van der Waals surface area contributed by atoms with Gasteiger partial charge in [0.05, 0.1) is 0 Å². The molecule has 0 aromatic rings. The van der Waals surface area contributed by atoms with E-state index in [4.69, 9.17) is 0 Å². The quantitative estimate of drug-likeness (QED) is 0.689. The van der Waals surface area contributed by atoms with Gasteiger partial charge in [-0.1, -0.05) is 0 Å². The molecule has 2 heterocycles. The molecule has 1 N–H and O–H groups in total. The molecule has 0 amide bonds. The van der Waals surface area contributed by atoms with Gasteiger partial charge in [-0.2, -0.15) is 11.8 Å². The number of thioether (sulfide) groups is 1. The first kappa shape index (κ1) is 8.85. The lowest BCUT2D eigenvalue weighted by molar-refractivity contribution is 0.292. The summed E-state index contributed by atoms with van der Waals surface area (Å²) in [5.74, 6) is 1.39. The molecule has 1 unspecified atom stereocenters. The Morgan fingerprint density at radius 2 is 2.58 bits per heavy atom. The summed E-state index contributed by atoms with van der Waals surface area (Å²) in [5, 5.41) is 4.25. The van der Waals surface area contributed by atoms with E-state index >= 15 is 0 Å². The minimum absolute atomic E-state index is 0.916. The van der Waals surface area contributed by atoms with Crippen LogP contribution in [0.2, 0.25) is 0 Å². The minimum atomic E-state index is 0.916. The topological polar surface area (TPSA) is 15.3 Å². The molecule has 69 valence electrons. The van der Waals surface area contributed by atoms with Crippen LogP contribution in [0.25, 0.3) is 0 Å². The van der Waals surface area contributed by atoms with Gasteiger partial charge in [0.15, 0.2) is 0 Å². The number of nitrogens with zero attached hydrogens (tertiary/aromatic N) is 1. The van der Waals surface area contributed by atoms with Crippen molar-refractivity contribution in [2.24, 2.45) is 0 Å². The van der Waals surface area contributed by atoms with E-state index in [0.717, 1.165) is 18.3 Å². The van der Waals surface area contributed by atoms with E-state index in [1.807, 2.05) is 0 Å². The molecule has 0 spiro atoms. The first-order valence-electron chi connectivity index (χ1n) is 4.85. The maximum atomic E-state index is 3.34. The Labute approximate surface area is 79.1 Å². The lowest BCUT2D eigenvalue weighted by Gasteiger charge is -2.28. The molecule has 2 saturated heterocycles. The second-order valence-electron chi connectivity index (χ2n) is 3.52. The normalized spacial score (nSPS) is 32.5. The summed E-state index contributed by atoms with van der Waals surface area (Å²) in [7, 11) is 0. The smallest absolute Gasteiger partial charge is 0.0389 e. The zero-order valence-corrected chi connectivity index (χ0v) is 8.28. The third kappa shape index (κ3) is 2.38. The molecule has 1 radical (unpaired) electrons. The molecule has 2 fully saturated rings. The summed E-state index contributed by atoms with van der Waals surface area (Å²) in [4.78, 5) is 2.49. The molecule has 2 aliphatic heterocycles. The molecule has 1 atom stereocenters. The molecular weight excluding hydrogens is 168 g/mol. The van der Waals surface area contributed by atoms with Crippen LogP contribution in [0.4, 0.5) is 0 Å². The molecule has 0 saturated carbocycles. The number of rotatable bonds is 2. The van der Waals surface area contributed by atoms with Gasteiger partial charge in [0, 0.05) is 38.0 Å². The highest BCUT2D eigenvalue weighted by molar-refractivity contribution is 8.00. The van der Waals surface area contributed by atoms with E-state index < -0.39 is 0 Å². The summed E-state index contributed by atoms with van der Waals surface area (Å²) in [5.41, 5.74) is 0. The first-order valence-corrected chi connectivity index (χ1v) is 5.90. The maximum absolute atomic E-state index is 3.34. The Bertz CT molecular complexity index is 128. The van der Waals surface area contributed by atoms with Gasteiger partial charge in [-0.25, -0.2) is 0 Å². The van der Waals surface area contributed by atoms with Crippen molar-refractivity contribution in [2.45, 2.75) is 18.1 Å². The highest BCUT2D eigenvalue weighted by atomic mass is 32.2. The van der Waals surface area contributed by atoms with Gasteiger partial charge in [0.25, 0.3) is 0 Å². The fourth-order valence-corrected chi connectivity index (χ4v) is 3.12. The molecular formula is C9H17N2S. The van der Waals surface area contributed by atoms with Crippen molar-refractivity contribution in [3.8, 4) is 0 Å². The second kappa shape index (κ2) is 4.49. The van der Waals surface area contributed by atoms with Crippen molar-refractivity contribution in [1.82, 2.24) is 10.2 Å². The van der Waals surface area contributed by atoms with Gasteiger partial charge in [0.2, 0.25) is 0 Å². The van der Waals surface area contributed by atoms with Crippen LogP contribution < -0.4 is 5.32 Å². The Morgan fingerprint density at radius 3 is 3.25 bits per heavy atom. The zero-order chi connectivity index (χ0) is 8.23. The number of piperazine rings is 1. The van der Waals surface area contributed by atoms with Gasteiger partial charge in [-0.15, -0.1) is 0 Å². The maximum Gasteiger partial charge on any atom is 0.0389 e. The third-order valence-corrected chi connectivity index (χ3v) is 3.91. The van der Waals surface area contributed by atoms with Crippen molar-refractivity contribution in [3.05, 3.63) is 6.54 Å². The van der Waals surface area contributed by atoms with Crippen LogP contribution in [0.3, 0.4) is 0 Å². The molecule has 0 aromatic carbocycles. The average Bonchev–Trinajstić information content (AvgIpc) is 2.59. The van der Waals surface area contributed by atoms with Crippen molar-refractivity contribution in [3.63, 3.8) is 0 Å². The summed E-state index contributed by atoms with van der Waals surface area (Å²) in [6.45, 7) is 7.02. The van der Waals surface area contributed by atoms with Crippen molar-refractivity contribution < 1.29 is 0 Å². The predicted molar refractivity (Wildman–Crippen MR) is 54.2 cm³/mol. The van der Waals surface area contributed by atoms with Crippen LogP contribution in [-0.4, -0.2) is 42.1 Å². The third-order valence-electron chi connectivity index (χ3n) is 2.53. The van der Waals surface area contributed by atoms with E-state index in [-0.39, 0.29) is 0 Å². The van der Waals surface area contributed by atoms with Crippen LogP contribution >= 0.6 is 11.8 Å². The van der Waals surface area contributed by atoms with Gasteiger partial charge in [0.1, 0.15) is 0 Å². The molecule has 0 bridgehead atoms. The largest absolute Gasteiger partial charge is 0.314 e. The fraction of sp³-hybridized carbons (Fsp3) is 0.889. The Balaban J connectivity index is 1.69. The highest BCUT2D eigenvalue weighted by Crippen LogP contribution is 2.26. The van der Waals surface area contributed by atoms with Crippen molar-refractivity contribution >= 4 is 11.8 Å². The molecule has 0 aliphatic carbocycles. The fourth-order valence-electron chi connectivity index (χ4n) is 1.83. The van der Waals surface area contributed by atoms with Gasteiger partial charge in [-0.05, 0) is 18.6 Å². The Kier molecular flexibility index (Phi) is 3.31. The van der Waals surface area contributed by atoms with E-state index in [2.05, 4.69) is 28.5 Å². The number of hydrogen-bond donors (Lipinski definition) is 1. The lowest BCUT2D eigenvalue weighted by Crippen LogP contribution is -2.42. The Morgan fingerprint density at radius 1 is 1.58 bits per heavy atom. The number of hydrogen-bond acceptors (Lipinski definition) is 3. The van der Waals surface area contributed by atoms with E-state index in [9.17, 15) is 0 Å². The van der Waals surface area contributed by atoms with E-state index in [0.29, 0.717) is 0 Å². The predicted octanol–water partition coefficient (Wildman–Crippen LogP) is 0.949. The average molecular weight is 185 g/mol. The second-order valence-corrected chi connectivity index (χ2v) is 4.92. The van der Waals surface area contributed by atoms with Crippen LogP contribution in [0.1, 0.15) is 12.8 Å². The highest BCUT2D eigenvalue weighted by Gasteiger charge is 2.19. The first-order chi connectivity index (χ1) is 5.95. The molecule has 2 aliphatic rings. The molecule has 12 heavy (non-hydrogen) atoms. The van der Waals surface area contributed by atoms with Crippen LogP contribution in [0.15, 0.2) is 0 Å². The summed E-state index contributed by atoms with van der Waals surface area (Å²) >= 11 is 2.15. The standard InChI is InChI=1S/C9H17N2S/c1-2-9(12-7-1)8-11-5-3-10-4-6-11/h5,9-10H,1-4,6-8H2.